The molecule has 0 saturated carbocycles. The van der Waals surface area contributed by atoms with Crippen LogP contribution < -0.4 is 0 Å². The lowest BCUT2D eigenvalue weighted by atomic mass is 9.46. The summed E-state index contributed by atoms with van der Waals surface area (Å²) in [6.07, 6.45) is 7.94. The Kier molecular flexibility index (Phi) is 9.27. The minimum Gasteiger partial charge on any atom is -0.396 e. The van der Waals surface area contributed by atoms with Gasteiger partial charge >= 0.3 is 0 Å². The fraction of sp³-hybridized carbons (Fsp3) is 0.469. The van der Waals surface area contributed by atoms with Gasteiger partial charge in [-0.3, -0.25) is 4.79 Å². The maximum Gasteiger partial charge on any atom is 0.243 e. The van der Waals surface area contributed by atoms with E-state index in [1.807, 2.05) is 49.4 Å². The number of carbonyl (C=O) groups is 1. The molecule has 0 unspecified atom stereocenters. The zero-order chi connectivity index (χ0) is 28.1. The summed E-state index contributed by atoms with van der Waals surface area (Å²) < 4.78 is 36.0. The average molecular weight is 552 g/mol. The molecule has 0 amide bonds. The number of benzene rings is 2. The molecular formula is C32H41NO5S. The quantitative estimate of drug-likeness (QED) is 0.264. The number of Topliss-reactive ketones (excluding diaryl/α,β-unsaturated/α-hetero) is 1. The Morgan fingerprint density at radius 3 is 2.56 bits per heavy atom. The van der Waals surface area contributed by atoms with E-state index in [0.717, 1.165) is 11.1 Å². The lowest BCUT2D eigenvalue weighted by molar-refractivity contribution is -0.161. The summed E-state index contributed by atoms with van der Waals surface area (Å²) in [5, 5.41) is 10.0. The first kappa shape index (κ1) is 29.4. The van der Waals surface area contributed by atoms with Crippen LogP contribution in [0.1, 0.15) is 50.2 Å². The highest BCUT2D eigenvalue weighted by atomic mass is 32.2. The second-order valence-electron chi connectivity index (χ2n) is 11.1. The predicted molar refractivity (Wildman–Crippen MR) is 154 cm³/mol. The highest BCUT2D eigenvalue weighted by Gasteiger charge is 2.65. The lowest BCUT2D eigenvalue weighted by Gasteiger charge is -2.63. The van der Waals surface area contributed by atoms with Gasteiger partial charge in [-0.05, 0) is 61.6 Å². The summed E-state index contributed by atoms with van der Waals surface area (Å²) in [4.78, 5) is 14.6. The summed E-state index contributed by atoms with van der Waals surface area (Å²) in [6.45, 7) is 8.76. The molecule has 0 spiro atoms. The molecule has 1 N–H and O–H groups in total. The normalized spacial score (nSPS) is 26.8. The van der Waals surface area contributed by atoms with E-state index in [4.69, 9.17) is 4.74 Å². The number of nitrogens with zero attached hydrogens (tertiary/aromatic N) is 1. The minimum absolute atomic E-state index is 0.0364. The molecule has 7 heteroatoms. The van der Waals surface area contributed by atoms with Crippen molar-refractivity contribution in [2.24, 2.45) is 16.7 Å². The van der Waals surface area contributed by atoms with Gasteiger partial charge in [0.15, 0.2) is 0 Å². The molecule has 2 aliphatic rings. The molecule has 1 saturated heterocycles. The van der Waals surface area contributed by atoms with Crippen molar-refractivity contribution in [3.05, 3.63) is 90.5 Å². The molecule has 39 heavy (non-hydrogen) atoms. The van der Waals surface area contributed by atoms with Crippen LogP contribution in [0.15, 0.2) is 84.3 Å². The van der Waals surface area contributed by atoms with Crippen LogP contribution in [0.3, 0.4) is 0 Å². The SMILES string of the molecule is C=CCCC(=O)[C@@]1(CCOCc2ccccc2)[C@@H]2C=CC[C@@]1(C)[C@H](CCO)CN2S(=O)(=O)c1ccc(C)cc1. The third-order valence-electron chi connectivity index (χ3n) is 8.93. The summed E-state index contributed by atoms with van der Waals surface area (Å²) in [6, 6.07) is 16.1. The monoisotopic (exact) mass is 551 g/mol. The molecule has 2 bridgehead atoms. The van der Waals surface area contributed by atoms with Gasteiger partial charge < -0.3 is 9.84 Å². The van der Waals surface area contributed by atoms with E-state index < -0.39 is 26.9 Å². The summed E-state index contributed by atoms with van der Waals surface area (Å²) >= 11 is 0. The molecule has 1 heterocycles. The standard InChI is InChI=1S/C32H41NO5S/c1-4-5-13-30(35)32(20-22-38-24-26-10-7-6-8-11-26)29-12-9-19-31(32,3)27(18-21-34)23-33(29)39(36,37)28-16-14-25(2)15-17-28/h4,6-12,14-17,27,29,34H,1,5,13,18-24H2,2-3H3/t27-,29+,31+,32-/m1/s1. The number of aliphatic hydroxyl groups excluding tert-OH is 1. The van der Waals surface area contributed by atoms with Crippen LogP contribution in [0.25, 0.3) is 0 Å². The van der Waals surface area contributed by atoms with Gasteiger partial charge in [0.05, 0.1) is 23.0 Å². The zero-order valence-electron chi connectivity index (χ0n) is 23.1. The van der Waals surface area contributed by atoms with Crippen molar-refractivity contribution in [1.29, 1.82) is 0 Å². The van der Waals surface area contributed by atoms with E-state index in [2.05, 4.69) is 13.5 Å². The van der Waals surface area contributed by atoms with Crippen LogP contribution in [-0.2, 0) is 26.2 Å². The third kappa shape index (κ3) is 5.55. The second kappa shape index (κ2) is 12.3. The Bertz CT molecular complexity index is 1270. The van der Waals surface area contributed by atoms with Crippen LogP contribution in [0.4, 0.5) is 0 Å². The average Bonchev–Trinajstić information content (AvgIpc) is 2.92. The van der Waals surface area contributed by atoms with Crippen molar-refractivity contribution < 1.29 is 23.1 Å². The Balaban J connectivity index is 1.78. The number of piperidine rings is 1. The first-order chi connectivity index (χ1) is 18.7. The third-order valence-corrected chi connectivity index (χ3v) is 10.8. The number of aliphatic hydroxyl groups is 1. The molecule has 210 valence electrons. The van der Waals surface area contributed by atoms with Gasteiger partial charge in [-0.15, -0.1) is 6.58 Å². The van der Waals surface area contributed by atoms with E-state index >= 15 is 0 Å². The van der Waals surface area contributed by atoms with Crippen LogP contribution in [-0.4, -0.2) is 49.4 Å². The van der Waals surface area contributed by atoms with E-state index in [0.29, 0.717) is 38.9 Å². The van der Waals surface area contributed by atoms with Crippen molar-refractivity contribution in [2.75, 3.05) is 19.8 Å². The molecule has 1 aliphatic carbocycles. The Labute approximate surface area is 233 Å². The van der Waals surface area contributed by atoms with Crippen LogP contribution in [0, 0.1) is 23.7 Å². The number of ketones is 1. The number of sulfonamides is 1. The Morgan fingerprint density at radius 1 is 1.18 bits per heavy atom. The number of allylic oxidation sites excluding steroid dienone is 2. The van der Waals surface area contributed by atoms with Crippen LogP contribution in [0.5, 0.6) is 0 Å². The van der Waals surface area contributed by atoms with Crippen molar-refractivity contribution >= 4 is 15.8 Å². The molecule has 2 aromatic rings. The maximum absolute atomic E-state index is 14.3. The van der Waals surface area contributed by atoms with Crippen molar-refractivity contribution in [3.63, 3.8) is 0 Å². The molecule has 4 rings (SSSR count). The predicted octanol–water partition coefficient (Wildman–Crippen LogP) is 5.46. The van der Waals surface area contributed by atoms with Gasteiger partial charge in [0.25, 0.3) is 0 Å². The molecule has 4 atom stereocenters. The number of hydrogen-bond donors (Lipinski definition) is 1. The number of ether oxygens (including phenoxy) is 1. The molecule has 2 aromatic carbocycles. The largest absolute Gasteiger partial charge is 0.396 e. The molecule has 1 fully saturated rings. The number of carbonyl (C=O) groups excluding carboxylic acids is 1. The first-order valence-corrected chi connectivity index (χ1v) is 15.3. The van der Waals surface area contributed by atoms with E-state index in [-0.39, 0.29) is 36.2 Å². The number of rotatable bonds is 13. The molecule has 0 aromatic heterocycles. The Hall–Kier alpha value is -2.58. The van der Waals surface area contributed by atoms with Gasteiger partial charge in [0, 0.05) is 26.2 Å². The van der Waals surface area contributed by atoms with Crippen LogP contribution >= 0.6 is 0 Å². The topological polar surface area (TPSA) is 83.9 Å². The number of hydrogen-bond acceptors (Lipinski definition) is 5. The van der Waals surface area contributed by atoms with Crippen LogP contribution in [0.2, 0.25) is 0 Å². The van der Waals surface area contributed by atoms with Gasteiger partial charge in [0.2, 0.25) is 10.0 Å². The molecule has 6 nitrogen and oxygen atoms in total. The first-order valence-electron chi connectivity index (χ1n) is 13.8. The maximum atomic E-state index is 14.3. The Morgan fingerprint density at radius 2 is 1.90 bits per heavy atom. The van der Waals surface area contributed by atoms with E-state index in [1.54, 1.807) is 30.3 Å². The van der Waals surface area contributed by atoms with E-state index in [1.165, 1.54) is 4.31 Å². The molecule has 1 aliphatic heterocycles. The van der Waals surface area contributed by atoms with Crippen molar-refractivity contribution in [2.45, 2.75) is 63.5 Å². The smallest absolute Gasteiger partial charge is 0.243 e. The van der Waals surface area contributed by atoms with Crippen molar-refractivity contribution in [3.8, 4) is 0 Å². The fourth-order valence-electron chi connectivity index (χ4n) is 6.70. The van der Waals surface area contributed by atoms with E-state index in [9.17, 15) is 18.3 Å². The molecular weight excluding hydrogens is 510 g/mol. The number of aryl methyl sites for hydroxylation is 1. The van der Waals surface area contributed by atoms with Gasteiger partial charge in [-0.25, -0.2) is 8.42 Å². The highest BCUT2D eigenvalue weighted by Crippen LogP contribution is 2.61. The fourth-order valence-corrected chi connectivity index (χ4v) is 8.38. The summed E-state index contributed by atoms with van der Waals surface area (Å²) in [5.74, 6) is -0.167. The van der Waals surface area contributed by atoms with Gasteiger partial charge in [-0.2, -0.15) is 4.31 Å². The van der Waals surface area contributed by atoms with Crippen molar-refractivity contribution in [1.82, 2.24) is 4.31 Å². The molecule has 0 radical (unpaired) electrons. The minimum atomic E-state index is -3.92. The highest BCUT2D eigenvalue weighted by molar-refractivity contribution is 7.89. The zero-order valence-corrected chi connectivity index (χ0v) is 23.9. The summed E-state index contributed by atoms with van der Waals surface area (Å²) in [5.41, 5.74) is 0.474. The number of fused-ring (bicyclic) bond motifs is 2. The second-order valence-corrected chi connectivity index (χ2v) is 13.0. The summed E-state index contributed by atoms with van der Waals surface area (Å²) in [7, 11) is -3.92. The van der Waals surface area contributed by atoms with Gasteiger partial charge in [0.1, 0.15) is 5.78 Å². The lowest BCUT2D eigenvalue weighted by Crippen LogP contribution is -2.69. The van der Waals surface area contributed by atoms with Gasteiger partial charge in [-0.1, -0.05) is 73.2 Å².